The third kappa shape index (κ3) is 2.46. The van der Waals surface area contributed by atoms with Crippen LogP contribution in [0, 0.1) is 13.8 Å². The number of aromatic nitrogens is 3. The van der Waals surface area contributed by atoms with Crippen LogP contribution in [0.5, 0.6) is 0 Å². The molecule has 4 nitrogen and oxygen atoms in total. The molecule has 0 saturated heterocycles. The molecule has 3 aromatic rings. The molecule has 0 radical (unpaired) electrons. The minimum atomic E-state index is 0.220. The van der Waals surface area contributed by atoms with E-state index in [1.54, 1.807) is 11.3 Å². The van der Waals surface area contributed by atoms with Gasteiger partial charge in [0.15, 0.2) is 5.65 Å². The Morgan fingerprint density at radius 1 is 1.21 bits per heavy atom. The van der Waals surface area contributed by atoms with Gasteiger partial charge in [-0.05, 0) is 44.5 Å². The molecule has 5 heteroatoms. The highest BCUT2D eigenvalue weighted by atomic mass is 32.1. The van der Waals surface area contributed by atoms with Crippen molar-refractivity contribution in [1.82, 2.24) is 14.6 Å². The Kier molecular flexibility index (Phi) is 2.98. The van der Waals surface area contributed by atoms with Crippen LogP contribution in [-0.2, 0) is 0 Å². The standard InChI is InChI=1S/C14H16N4S/c1-9-4-7-13-16-14(17-18(13)8-9)15-11(3)12-6-5-10(2)19-12/h4-8,11H,1-3H3,(H,15,17). The van der Waals surface area contributed by atoms with Crippen molar-refractivity contribution >= 4 is 22.9 Å². The van der Waals surface area contributed by atoms with Gasteiger partial charge in [0.05, 0.1) is 6.04 Å². The van der Waals surface area contributed by atoms with Gasteiger partial charge in [0.1, 0.15) is 0 Å². The molecular weight excluding hydrogens is 256 g/mol. The van der Waals surface area contributed by atoms with Gasteiger partial charge >= 0.3 is 0 Å². The van der Waals surface area contributed by atoms with E-state index in [1.165, 1.54) is 15.3 Å². The van der Waals surface area contributed by atoms with Gasteiger partial charge in [-0.3, -0.25) is 0 Å². The lowest BCUT2D eigenvalue weighted by atomic mass is 10.3. The first-order valence-corrected chi connectivity index (χ1v) is 7.09. The van der Waals surface area contributed by atoms with E-state index in [9.17, 15) is 0 Å². The number of pyridine rings is 1. The monoisotopic (exact) mass is 272 g/mol. The largest absolute Gasteiger partial charge is 0.346 e. The number of hydrogen-bond donors (Lipinski definition) is 1. The molecule has 0 bridgehead atoms. The number of nitrogens with zero attached hydrogens (tertiary/aromatic N) is 3. The summed E-state index contributed by atoms with van der Waals surface area (Å²) in [4.78, 5) is 7.09. The summed E-state index contributed by atoms with van der Waals surface area (Å²) in [6.07, 6.45) is 1.98. The molecule has 3 aromatic heterocycles. The van der Waals surface area contributed by atoms with Crippen molar-refractivity contribution in [1.29, 1.82) is 0 Å². The van der Waals surface area contributed by atoms with E-state index in [1.807, 2.05) is 29.8 Å². The average molecular weight is 272 g/mol. The predicted octanol–water partition coefficient (Wildman–Crippen LogP) is 3.58. The van der Waals surface area contributed by atoms with Crippen LogP contribution in [0.1, 0.15) is 28.3 Å². The average Bonchev–Trinajstić information content (AvgIpc) is 2.94. The number of nitrogens with one attached hydrogen (secondary N) is 1. The minimum Gasteiger partial charge on any atom is -0.346 e. The fraction of sp³-hybridized carbons (Fsp3) is 0.286. The van der Waals surface area contributed by atoms with Gasteiger partial charge in [-0.25, -0.2) is 4.52 Å². The Balaban J connectivity index is 1.85. The molecule has 0 amide bonds. The predicted molar refractivity (Wildman–Crippen MR) is 78.8 cm³/mol. The Hall–Kier alpha value is -1.88. The van der Waals surface area contributed by atoms with Crippen LogP contribution in [0.3, 0.4) is 0 Å². The zero-order chi connectivity index (χ0) is 13.4. The Morgan fingerprint density at radius 3 is 2.79 bits per heavy atom. The Morgan fingerprint density at radius 2 is 2.05 bits per heavy atom. The van der Waals surface area contributed by atoms with Gasteiger partial charge in [-0.15, -0.1) is 16.4 Å². The molecule has 0 aliphatic heterocycles. The molecule has 0 saturated carbocycles. The van der Waals surface area contributed by atoms with Crippen molar-refractivity contribution in [2.24, 2.45) is 0 Å². The molecular formula is C14H16N4S. The zero-order valence-electron chi connectivity index (χ0n) is 11.2. The van der Waals surface area contributed by atoms with E-state index >= 15 is 0 Å². The molecule has 0 aliphatic rings. The molecule has 3 heterocycles. The highest BCUT2D eigenvalue weighted by Gasteiger charge is 2.10. The maximum atomic E-state index is 4.47. The van der Waals surface area contributed by atoms with Gasteiger partial charge in [-0.1, -0.05) is 6.07 Å². The van der Waals surface area contributed by atoms with E-state index in [-0.39, 0.29) is 6.04 Å². The number of rotatable bonds is 3. The number of thiophene rings is 1. The highest BCUT2D eigenvalue weighted by molar-refractivity contribution is 7.12. The van der Waals surface area contributed by atoms with Crippen molar-refractivity contribution in [2.45, 2.75) is 26.8 Å². The number of aryl methyl sites for hydroxylation is 2. The van der Waals surface area contributed by atoms with E-state index < -0.39 is 0 Å². The summed E-state index contributed by atoms with van der Waals surface area (Å²) in [5.74, 6) is 0.671. The van der Waals surface area contributed by atoms with Gasteiger partial charge in [0.2, 0.25) is 5.95 Å². The van der Waals surface area contributed by atoms with Crippen molar-refractivity contribution < 1.29 is 0 Å². The molecule has 3 rings (SSSR count). The second-order valence-corrected chi connectivity index (χ2v) is 6.08. The highest BCUT2D eigenvalue weighted by Crippen LogP contribution is 2.24. The summed E-state index contributed by atoms with van der Waals surface area (Å²) >= 11 is 1.80. The lowest BCUT2D eigenvalue weighted by molar-refractivity contribution is 0.868. The maximum absolute atomic E-state index is 4.47. The minimum absolute atomic E-state index is 0.220. The van der Waals surface area contributed by atoms with Crippen LogP contribution >= 0.6 is 11.3 Å². The van der Waals surface area contributed by atoms with Crippen molar-refractivity contribution in [3.05, 3.63) is 45.8 Å². The molecule has 19 heavy (non-hydrogen) atoms. The van der Waals surface area contributed by atoms with Crippen molar-refractivity contribution in [3.8, 4) is 0 Å². The van der Waals surface area contributed by atoms with Crippen molar-refractivity contribution in [2.75, 3.05) is 5.32 Å². The van der Waals surface area contributed by atoms with Gasteiger partial charge in [0.25, 0.3) is 0 Å². The number of fused-ring (bicyclic) bond motifs is 1. The molecule has 0 fully saturated rings. The fourth-order valence-electron chi connectivity index (χ4n) is 2.00. The zero-order valence-corrected chi connectivity index (χ0v) is 12.0. The smallest absolute Gasteiger partial charge is 0.243 e. The summed E-state index contributed by atoms with van der Waals surface area (Å²) in [6, 6.07) is 8.53. The molecule has 0 aromatic carbocycles. The molecule has 1 unspecified atom stereocenters. The van der Waals surface area contributed by atoms with Crippen LogP contribution < -0.4 is 5.32 Å². The lowest BCUT2D eigenvalue weighted by Gasteiger charge is -2.09. The maximum Gasteiger partial charge on any atom is 0.243 e. The second-order valence-electron chi connectivity index (χ2n) is 4.76. The van der Waals surface area contributed by atoms with E-state index in [2.05, 4.69) is 41.4 Å². The summed E-state index contributed by atoms with van der Waals surface area (Å²) in [6.45, 7) is 6.29. The summed E-state index contributed by atoms with van der Waals surface area (Å²) in [5, 5.41) is 7.79. The number of hydrogen-bond acceptors (Lipinski definition) is 4. The normalized spacial score (nSPS) is 12.8. The third-order valence-corrected chi connectivity index (χ3v) is 4.20. The Bertz CT molecular complexity index is 713. The van der Waals surface area contributed by atoms with Crippen molar-refractivity contribution in [3.63, 3.8) is 0 Å². The first kappa shape index (κ1) is 12.2. The van der Waals surface area contributed by atoms with Crippen LogP contribution in [0.15, 0.2) is 30.5 Å². The third-order valence-electron chi connectivity index (χ3n) is 3.01. The molecule has 0 spiro atoms. The van der Waals surface area contributed by atoms with Gasteiger partial charge in [-0.2, -0.15) is 4.98 Å². The first-order valence-electron chi connectivity index (χ1n) is 6.28. The van der Waals surface area contributed by atoms with Crippen LogP contribution in [0.2, 0.25) is 0 Å². The van der Waals surface area contributed by atoms with Crippen LogP contribution in [-0.4, -0.2) is 14.6 Å². The second kappa shape index (κ2) is 4.66. The molecule has 98 valence electrons. The summed E-state index contributed by atoms with van der Waals surface area (Å²) in [5.41, 5.74) is 2.04. The first-order chi connectivity index (χ1) is 9.11. The summed E-state index contributed by atoms with van der Waals surface area (Å²) < 4.78 is 1.81. The molecule has 1 atom stereocenters. The van der Waals surface area contributed by atoms with Gasteiger partial charge in [0, 0.05) is 16.0 Å². The van der Waals surface area contributed by atoms with Crippen LogP contribution in [0.25, 0.3) is 5.65 Å². The van der Waals surface area contributed by atoms with Gasteiger partial charge < -0.3 is 5.32 Å². The van der Waals surface area contributed by atoms with E-state index in [0.717, 1.165) is 5.65 Å². The van der Waals surface area contributed by atoms with E-state index in [4.69, 9.17) is 0 Å². The topological polar surface area (TPSA) is 42.2 Å². The summed E-state index contributed by atoms with van der Waals surface area (Å²) in [7, 11) is 0. The molecule has 1 N–H and O–H groups in total. The van der Waals surface area contributed by atoms with E-state index in [0.29, 0.717) is 5.95 Å². The fourth-order valence-corrected chi connectivity index (χ4v) is 2.88. The number of anilines is 1. The van der Waals surface area contributed by atoms with Crippen LogP contribution in [0.4, 0.5) is 5.95 Å². The quantitative estimate of drug-likeness (QED) is 0.792. The SMILES string of the molecule is Cc1ccc2nc(NC(C)c3ccc(C)s3)nn2c1. The molecule has 0 aliphatic carbocycles. The Labute approximate surface area is 116 Å². The lowest BCUT2D eigenvalue weighted by Crippen LogP contribution is -2.06.